The van der Waals surface area contributed by atoms with Crippen LogP contribution in [-0.2, 0) is 23.6 Å². The molecule has 11 heteroatoms. The maximum Gasteiger partial charge on any atom is 0.416 e. The van der Waals surface area contributed by atoms with Crippen LogP contribution in [0.15, 0.2) is 42.5 Å². The van der Waals surface area contributed by atoms with Gasteiger partial charge in [-0.1, -0.05) is 23.7 Å². The number of nitrogens with zero attached hydrogens (tertiary/aromatic N) is 1. The van der Waals surface area contributed by atoms with Gasteiger partial charge in [0.1, 0.15) is 0 Å². The van der Waals surface area contributed by atoms with Crippen molar-refractivity contribution in [1.82, 2.24) is 10.2 Å². The zero-order chi connectivity index (χ0) is 25.3. The zero-order valence-electron chi connectivity index (χ0n) is 17.9. The second-order valence-corrected chi connectivity index (χ2v) is 8.64. The number of amides is 2. The first-order valence-corrected chi connectivity index (χ1v) is 10.7. The Morgan fingerprint density at radius 3 is 2.06 bits per heavy atom. The van der Waals surface area contributed by atoms with Crippen molar-refractivity contribution >= 4 is 23.4 Å². The van der Waals surface area contributed by atoms with Gasteiger partial charge in [-0.2, -0.15) is 26.3 Å². The molecule has 0 spiro atoms. The molecule has 3 rings (SSSR count). The van der Waals surface area contributed by atoms with Gasteiger partial charge >= 0.3 is 12.4 Å². The van der Waals surface area contributed by atoms with Gasteiger partial charge in [0, 0.05) is 36.1 Å². The number of alkyl halides is 6. The van der Waals surface area contributed by atoms with Crippen molar-refractivity contribution in [1.29, 1.82) is 0 Å². The van der Waals surface area contributed by atoms with Crippen LogP contribution in [0.5, 0.6) is 0 Å². The SMILES string of the molecule is CC(=O)N[C@H]1CCN(C(=O)c2cc(C(F)(F)F)cc(C(F)(F)F)c2)[C@H](Cc2ccc(Cl)cc2)C1. The van der Waals surface area contributed by atoms with E-state index >= 15 is 0 Å². The normalized spacial score (nSPS) is 19.1. The monoisotopic (exact) mass is 506 g/mol. The summed E-state index contributed by atoms with van der Waals surface area (Å²) in [6.45, 7) is 1.40. The molecule has 4 nitrogen and oxygen atoms in total. The molecule has 2 atom stereocenters. The van der Waals surface area contributed by atoms with E-state index in [0.29, 0.717) is 30.0 Å². The Morgan fingerprint density at radius 2 is 1.56 bits per heavy atom. The van der Waals surface area contributed by atoms with E-state index in [2.05, 4.69) is 5.32 Å². The molecular weight excluding hydrogens is 486 g/mol. The molecular formula is C23H21ClF6N2O2. The minimum absolute atomic E-state index is 0.00894. The van der Waals surface area contributed by atoms with Crippen molar-refractivity contribution in [2.24, 2.45) is 0 Å². The molecule has 184 valence electrons. The average Bonchev–Trinajstić information content (AvgIpc) is 2.73. The first-order valence-electron chi connectivity index (χ1n) is 10.4. The number of nitrogens with one attached hydrogen (secondary N) is 1. The standard InChI is InChI=1S/C23H21ClF6N2O2/c1-13(33)31-19-6-7-32(20(12-19)8-14-2-4-18(24)5-3-14)21(34)15-9-16(22(25,26)27)11-17(10-15)23(28,29)30/h2-5,9-11,19-20H,6-8,12H2,1H3,(H,31,33)/t19-,20+/m0/s1. The molecule has 1 aliphatic heterocycles. The molecule has 2 aromatic carbocycles. The summed E-state index contributed by atoms with van der Waals surface area (Å²) in [6.07, 6.45) is -9.23. The number of carbonyl (C=O) groups excluding carboxylic acids is 2. The topological polar surface area (TPSA) is 49.4 Å². The number of hydrogen-bond acceptors (Lipinski definition) is 2. The van der Waals surface area contributed by atoms with Crippen LogP contribution in [0.4, 0.5) is 26.3 Å². The number of piperidine rings is 1. The van der Waals surface area contributed by atoms with Crippen molar-refractivity contribution in [2.45, 2.75) is 50.6 Å². The van der Waals surface area contributed by atoms with Gasteiger partial charge in [-0.3, -0.25) is 9.59 Å². The lowest BCUT2D eigenvalue weighted by molar-refractivity contribution is -0.143. The highest BCUT2D eigenvalue weighted by atomic mass is 35.5. The smallest absolute Gasteiger partial charge is 0.353 e. The Hall–Kier alpha value is -2.75. The molecule has 0 aliphatic carbocycles. The minimum Gasteiger partial charge on any atom is -0.353 e. The average molecular weight is 507 g/mol. The van der Waals surface area contributed by atoms with Crippen LogP contribution in [0.1, 0.15) is 46.8 Å². The van der Waals surface area contributed by atoms with Gasteiger partial charge in [0.15, 0.2) is 0 Å². The summed E-state index contributed by atoms with van der Waals surface area (Å²) in [4.78, 5) is 26.0. The number of halogens is 7. The molecule has 1 N–H and O–H groups in total. The molecule has 34 heavy (non-hydrogen) atoms. The molecule has 0 radical (unpaired) electrons. The quantitative estimate of drug-likeness (QED) is 0.538. The number of carbonyl (C=O) groups is 2. The van der Waals surface area contributed by atoms with Crippen LogP contribution in [0, 0.1) is 0 Å². The van der Waals surface area contributed by atoms with Crippen LogP contribution in [0.2, 0.25) is 5.02 Å². The lowest BCUT2D eigenvalue weighted by atomic mass is 9.91. The van der Waals surface area contributed by atoms with Gasteiger partial charge in [-0.25, -0.2) is 0 Å². The van der Waals surface area contributed by atoms with Crippen molar-refractivity contribution in [3.8, 4) is 0 Å². The van der Waals surface area contributed by atoms with Crippen LogP contribution in [0.3, 0.4) is 0 Å². The summed E-state index contributed by atoms with van der Waals surface area (Å²) < 4.78 is 79.6. The third kappa shape index (κ3) is 6.43. The summed E-state index contributed by atoms with van der Waals surface area (Å²) in [7, 11) is 0. The van der Waals surface area contributed by atoms with Gasteiger partial charge in [0.05, 0.1) is 11.1 Å². The molecule has 2 amide bonds. The van der Waals surface area contributed by atoms with Crippen LogP contribution >= 0.6 is 11.6 Å². The summed E-state index contributed by atoms with van der Waals surface area (Å²) in [5, 5.41) is 3.25. The fraction of sp³-hybridized carbons (Fsp3) is 0.391. The molecule has 1 saturated heterocycles. The molecule has 1 aliphatic rings. The van der Waals surface area contributed by atoms with E-state index in [0.717, 1.165) is 5.56 Å². The van der Waals surface area contributed by atoms with Gasteiger partial charge in [0.25, 0.3) is 5.91 Å². The third-order valence-electron chi connectivity index (χ3n) is 5.60. The second-order valence-electron chi connectivity index (χ2n) is 8.20. The van der Waals surface area contributed by atoms with Crippen molar-refractivity contribution < 1.29 is 35.9 Å². The largest absolute Gasteiger partial charge is 0.416 e. The third-order valence-corrected chi connectivity index (χ3v) is 5.86. The van der Waals surface area contributed by atoms with E-state index < -0.39 is 41.0 Å². The number of hydrogen-bond donors (Lipinski definition) is 1. The molecule has 0 saturated carbocycles. The fourth-order valence-electron chi connectivity index (χ4n) is 4.07. The van der Waals surface area contributed by atoms with E-state index in [1.165, 1.54) is 11.8 Å². The van der Waals surface area contributed by atoms with Gasteiger partial charge in [-0.15, -0.1) is 0 Å². The maximum atomic E-state index is 13.3. The molecule has 0 aromatic heterocycles. The molecule has 0 bridgehead atoms. The van der Waals surface area contributed by atoms with Crippen LogP contribution < -0.4 is 5.32 Å². The number of benzene rings is 2. The number of likely N-dealkylation sites (tertiary alicyclic amines) is 1. The van der Waals surface area contributed by atoms with Crippen molar-refractivity contribution in [2.75, 3.05) is 6.54 Å². The molecule has 2 aromatic rings. The fourth-order valence-corrected chi connectivity index (χ4v) is 4.19. The van der Waals surface area contributed by atoms with Gasteiger partial charge in [0.2, 0.25) is 5.91 Å². The first-order chi connectivity index (χ1) is 15.7. The summed E-state index contributed by atoms with van der Waals surface area (Å²) in [5.74, 6) is -1.21. The molecule has 1 fully saturated rings. The summed E-state index contributed by atoms with van der Waals surface area (Å²) in [6, 6.07) is 6.74. The second kappa shape index (κ2) is 9.85. The Bertz CT molecular complexity index is 1020. The lowest BCUT2D eigenvalue weighted by Gasteiger charge is -2.40. The van der Waals surface area contributed by atoms with Crippen molar-refractivity contribution in [3.05, 3.63) is 69.7 Å². The van der Waals surface area contributed by atoms with Crippen molar-refractivity contribution in [3.63, 3.8) is 0 Å². The summed E-state index contributed by atoms with van der Waals surface area (Å²) >= 11 is 5.90. The summed E-state index contributed by atoms with van der Waals surface area (Å²) in [5.41, 5.74) is -3.02. The first kappa shape index (κ1) is 25.9. The predicted molar refractivity (Wildman–Crippen MR) is 113 cm³/mol. The highest BCUT2D eigenvalue weighted by molar-refractivity contribution is 6.30. The van der Waals surface area contributed by atoms with E-state index in [9.17, 15) is 35.9 Å². The highest BCUT2D eigenvalue weighted by Crippen LogP contribution is 2.37. The number of rotatable bonds is 4. The molecule has 1 heterocycles. The van der Waals surface area contributed by atoms with E-state index in [-0.39, 0.29) is 31.0 Å². The predicted octanol–water partition coefficient (Wildman–Crippen LogP) is 5.73. The lowest BCUT2D eigenvalue weighted by Crippen LogP contribution is -2.52. The van der Waals surface area contributed by atoms with Crippen LogP contribution in [0.25, 0.3) is 0 Å². The Morgan fingerprint density at radius 1 is 1.00 bits per heavy atom. The highest BCUT2D eigenvalue weighted by Gasteiger charge is 2.39. The van der Waals surface area contributed by atoms with E-state index in [4.69, 9.17) is 11.6 Å². The maximum absolute atomic E-state index is 13.3. The van der Waals surface area contributed by atoms with E-state index in [1.54, 1.807) is 24.3 Å². The van der Waals surface area contributed by atoms with Crippen LogP contribution in [-0.4, -0.2) is 35.3 Å². The Labute approximate surface area is 196 Å². The minimum atomic E-state index is -5.06. The molecule has 0 unspecified atom stereocenters. The Balaban J connectivity index is 1.96. The van der Waals surface area contributed by atoms with Gasteiger partial charge < -0.3 is 10.2 Å². The zero-order valence-corrected chi connectivity index (χ0v) is 18.7. The Kier molecular flexibility index (Phi) is 7.50. The van der Waals surface area contributed by atoms with E-state index in [1.807, 2.05) is 0 Å². The van der Waals surface area contributed by atoms with Gasteiger partial charge in [-0.05, 0) is 55.2 Å².